The maximum atomic E-state index is 12.5. The minimum absolute atomic E-state index is 0.0186. The summed E-state index contributed by atoms with van der Waals surface area (Å²) in [4.78, 5) is 38.7. The van der Waals surface area contributed by atoms with Crippen molar-refractivity contribution < 1.29 is 19.1 Å². The lowest BCUT2D eigenvalue weighted by Crippen LogP contribution is -2.47. The Morgan fingerprint density at radius 2 is 1.90 bits per heavy atom. The van der Waals surface area contributed by atoms with Crippen LogP contribution in [0.1, 0.15) is 67.3 Å². The first-order chi connectivity index (χ1) is 15.0. The normalized spacial score (nSPS) is 22.4. The predicted molar refractivity (Wildman–Crippen MR) is 117 cm³/mol. The highest BCUT2D eigenvalue weighted by molar-refractivity contribution is 5.98. The van der Waals surface area contributed by atoms with Gasteiger partial charge in [0.05, 0.1) is 0 Å². The number of imide groups is 1. The van der Waals surface area contributed by atoms with Crippen molar-refractivity contribution in [2.45, 2.75) is 63.8 Å². The number of fused-ring (bicyclic) bond motifs is 1. The molecule has 168 valence electrons. The van der Waals surface area contributed by atoms with Gasteiger partial charge in [-0.1, -0.05) is 18.9 Å². The molecule has 0 radical (unpaired) electrons. The highest BCUT2D eigenvalue weighted by Gasteiger charge is 2.44. The van der Waals surface area contributed by atoms with E-state index in [9.17, 15) is 14.4 Å². The van der Waals surface area contributed by atoms with Crippen LogP contribution in [0.5, 0.6) is 5.75 Å². The third kappa shape index (κ3) is 4.76. The Balaban J connectivity index is 1.21. The highest BCUT2D eigenvalue weighted by atomic mass is 16.5. The van der Waals surface area contributed by atoms with E-state index in [1.165, 1.54) is 4.90 Å². The lowest BCUT2D eigenvalue weighted by Gasteiger charge is -2.37. The third-order valence-electron chi connectivity index (χ3n) is 7.06. The Kier molecular flexibility index (Phi) is 6.60. The molecule has 2 aliphatic heterocycles. The fourth-order valence-electron chi connectivity index (χ4n) is 5.35. The van der Waals surface area contributed by atoms with Crippen LogP contribution in [0, 0.1) is 5.41 Å². The van der Waals surface area contributed by atoms with Crippen molar-refractivity contribution in [3.63, 3.8) is 0 Å². The highest BCUT2D eigenvalue weighted by Crippen LogP contribution is 2.46. The Bertz CT molecular complexity index is 827. The molecule has 1 aromatic carbocycles. The molecule has 1 saturated carbocycles. The molecule has 0 aromatic heterocycles. The second-order valence-corrected chi connectivity index (χ2v) is 9.23. The molecule has 1 spiro atoms. The lowest BCUT2D eigenvalue weighted by molar-refractivity contribution is -0.153. The van der Waals surface area contributed by atoms with Gasteiger partial charge in [0.15, 0.2) is 0 Å². The van der Waals surface area contributed by atoms with E-state index in [1.807, 2.05) is 18.2 Å². The van der Waals surface area contributed by atoms with Gasteiger partial charge in [-0.2, -0.15) is 0 Å². The van der Waals surface area contributed by atoms with Gasteiger partial charge in [0, 0.05) is 43.6 Å². The Labute approximate surface area is 183 Å². The second kappa shape index (κ2) is 9.39. The van der Waals surface area contributed by atoms with Crippen LogP contribution in [-0.2, 0) is 16.0 Å². The molecule has 2 N–H and O–H groups in total. The summed E-state index contributed by atoms with van der Waals surface area (Å²) in [5.41, 5.74) is 1.57. The van der Waals surface area contributed by atoms with Crippen molar-refractivity contribution in [2.75, 3.05) is 26.7 Å². The molecule has 1 saturated heterocycles. The molecular weight excluding hydrogens is 394 g/mol. The van der Waals surface area contributed by atoms with Crippen molar-refractivity contribution in [1.29, 1.82) is 0 Å². The van der Waals surface area contributed by atoms with Crippen molar-refractivity contribution >= 4 is 17.7 Å². The molecule has 2 fully saturated rings. The molecule has 3 aliphatic rings. The first kappa shape index (κ1) is 21.8. The van der Waals surface area contributed by atoms with Gasteiger partial charge >= 0.3 is 0 Å². The van der Waals surface area contributed by atoms with Crippen LogP contribution < -0.4 is 15.4 Å². The minimum atomic E-state index is -0.101. The fourth-order valence-corrected chi connectivity index (χ4v) is 5.35. The maximum absolute atomic E-state index is 12.5. The summed E-state index contributed by atoms with van der Waals surface area (Å²) < 4.78 is 5.86. The summed E-state index contributed by atoms with van der Waals surface area (Å²) in [5.74, 6) is 0.716. The molecule has 3 amide bonds. The number of nitrogens with zero attached hydrogens (tertiary/aromatic N) is 1. The van der Waals surface area contributed by atoms with Crippen molar-refractivity contribution in [2.24, 2.45) is 5.41 Å². The van der Waals surface area contributed by atoms with Crippen molar-refractivity contribution in [1.82, 2.24) is 15.5 Å². The zero-order valence-electron chi connectivity index (χ0n) is 18.4. The fraction of sp³-hybridized carbons (Fsp3) is 0.625. The number of hydrogen-bond acceptors (Lipinski definition) is 5. The molecule has 0 bridgehead atoms. The largest absolute Gasteiger partial charge is 0.492 e. The number of ether oxygens (including phenoxy) is 1. The van der Waals surface area contributed by atoms with Gasteiger partial charge in [-0.05, 0) is 56.2 Å². The number of carbonyl (C=O) groups excluding carboxylic acids is 3. The summed E-state index contributed by atoms with van der Waals surface area (Å²) in [6.45, 7) is 1.86. The van der Waals surface area contributed by atoms with E-state index in [0.29, 0.717) is 31.6 Å². The molecule has 1 aromatic rings. The summed E-state index contributed by atoms with van der Waals surface area (Å²) in [6, 6.07) is 5.71. The lowest BCUT2D eigenvalue weighted by atomic mass is 9.76. The van der Waals surface area contributed by atoms with E-state index in [1.54, 1.807) is 7.05 Å². The zero-order chi connectivity index (χ0) is 21.8. The summed E-state index contributed by atoms with van der Waals surface area (Å²) in [7, 11) is 1.63. The van der Waals surface area contributed by atoms with E-state index in [4.69, 9.17) is 4.74 Å². The Morgan fingerprint density at radius 3 is 2.61 bits per heavy atom. The van der Waals surface area contributed by atoms with E-state index >= 15 is 0 Å². The van der Waals surface area contributed by atoms with Crippen LogP contribution >= 0.6 is 0 Å². The van der Waals surface area contributed by atoms with Crippen LogP contribution in [0.2, 0.25) is 0 Å². The van der Waals surface area contributed by atoms with Gasteiger partial charge in [0.25, 0.3) is 5.91 Å². The number of likely N-dealkylation sites (tertiary alicyclic amines) is 1. The molecule has 1 aliphatic carbocycles. The van der Waals surface area contributed by atoms with Crippen molar-refractivity contribution in [3.8, 4) is 5.75 Å². The predicted octanol–water partition coefficient (Wildman–Crippen LogP) is 2.43. The van der Waals surface area contributed by atoms with E-state index in [2.05, 4.69) is 10.6 Å². The Morgan fingerprint density at radius 1 is 1.16 bits per heavy atom. The number of hydrogen-bond donors (Lipinski definition) is 2. The van der Waals surface area contributed by atoms with Gasteiger partial charge in [-0.3, -0.25) is 19.3 Å². The molecular formula is C24H33N3O4. The van der Waals surface area contributed by atoms with Gasteiger partial charge in [-0.15, -0.1) is 0 Å². The first-order valence-corrected chi connectivity index (χ1v) is 11.5. The topological polar surface area (TPSA) is 87.7 Å². The third-order valence-corrected chi connectivity index (χ3v) is 7.06. The standard InChI is InChI=1S/C24H33N3O4/c1-25-23(30)18-7-6-8-20-19(18)13-17(16-31-20)26-11-4-5-12-27-21(28)14-24(15-22(27)29)9-2-3-10-24/h6-8,17,26H,2-5,9-16H2,1H3,(H,25,30)/t17-/m0/s1. The monoisotopic (exact) mass is 427 g/mol. The molecule has 2 heterocycles. The number of carbonyl (C=O) groups is 3. The molecule has 31 heavy (non-hydrogen) atoms. The second-order valence-electron chi connectivity index (χ2n) is 9.23. The van der Waals surface area contributed by atoms with E-state index in [0.717, 1.165) is 62.8 Å². The molecule has 4 rings (SSSR count). The van der Waals surface area contributed by atoms with E-state index in [-0.39, 0.29) is 29.2 Å². The number of rotatable bonds is 7. The first-order valence-electron chi connectivity index (χ1n) is 11.5. The minimum Gasteiger partial charge on any atom is -0.492 e. The maximum Gasteiger partial charge on any atom is 0.251 e. The average Bonchev–Trinajstić information content (AvgIpc) is 3.21. The quantitative estimate of drug-likeness (QED) is 0.516. The molecule has 7 nitrogen and oxygen atoms in total. The Hall–Kier alpha value is -2.41. The number of unbranched alkanes of at least 4 members (excludes halogenated alkanes) is 1. The summed E-state index contributed by atoms with van der Waals surface area (Å²) >= 11 is 0. The van der Waals surface area contributed by atoms with Crippen LogP contribution in [-0.4, -0.2) is 55.4 Å². The van der Waals surface area contributed by atoms with E-state index < -0.39 is 0 Å². The molecule has 0 unspecified atom stereocenters. The van der Waals surface area contributed by atoms with Gasteiger partial charge in [0.2, 0.25) is 11.8 Å². The molecule has 1 atom stereocenters. The number of amides is 3. The van der Waals surface area contributed by atoms with Crippen LogP contribution in [0.3, 0.4) is 0 Å². The number of benzene rings is 1. The SMILES string of the molecule is CNC(=O)c1cccc2c1C[C@H](NCCCCN1C(=O)CC3(CCCC3)CC1=O)CO2. The zero-order valence-corrected chi connectivity index (χ0v) is 18.4. The van der Waals surface area contributed by atoms with Gasteiger partial charge in [0.1, 0.15) is 12.4 Å². The average molecular weight is 428 g/mol. The summed E-state index contributed by atoms with van der Waals surface area (Å²) in [5, 5.41) is 6.19. The number of nitrogens with one attached hydrogen (secondary N) is 2. The summed E-state index contributed by atoms with van der Waals surface area (Å²) in [6.07, 6.45) is 7.84. The molecule has 7 heteroatoms. The smallest absolute Gasteiger partial charge is 0.251 e. The van der Waals surface area contributed by atoms with Gasteiger partial charge in [-0.25, -0.2) is 0 Å². The van der Waals surface area contributed by atoms with Crippen LogP contribution in [0.4, 0.5) is 0 Å². The van der Waals surface area contributed by atoms with Crippen LogP contribution in [0.25, 0.3) is 0 Å². The van der Waals surface area contributed by atoms with Crippen LogP contribution in [0.15, 0.2) is 18.2 Å². The van der Waals surface area contributed by atoms with Crippen molar-refractivity contribution in [3.05, 3.63) is 29.3 Å². The van der Waals surface area contributed by atoms with Gasteiger partial charge < -0.3 is 15.4 Å². The number of piperidine rings is 1.